The third-order valence-electron chi connectivity index (χ3n) is 3.69. The molecule has 0 aliphatic rings. The summed E-state index contributed by atoms with van der Waals surface area (Å²) in [6.07, 6.45) is -2.73. The number of rotatable bonds is 10. The van der Waals surface area contributed by atoms with Crippen molar-refractivity contribution in [3.8, 4) is 0 Å². The molecule has 0 aliphatic heterocycles. The van der Waals surface area contributed by atoms with Crippen molar-refractivity contribution >= 4 is 41.3 Å². The van der Waals surface area contributed by atoms with E-state index in [4.69, 9.17) is 4.74 Å². The number of nitrogens with one attached hydrogen (secondary N) is 2. The van der Waals surface area contributed by atoms with Gasteiger partial charge in [-0.2, -0.15) is 13.2 Å². The van der Waals surface area contributed by atoms with Gasteiger partial charge in [0.25, 0.3) is 0 Å². The summed E-state index contributed by atoms with van der Waals surface area (Å²) in [5, 5.41) is 7.56. The number of hydrogen-bond acceptors (Lipinski definition) is 4. The molecule has 0 amide bonds. The van der Waals surface area contributed by atoms with Gasteiger partial charge >= 0.3 is 6.18 Å². The van der Waals surface area contributed by atoms with Crippen LogP contribution in [0.15, 0.2) is 40.7 Å². The van der Waals surface area contributed by atoms with Crippen LogP contribution in [0.1, 0.15) is 29.6 Å². The molecule has 0 saturated carbocycles. The number of halogens is 4. The molecule has 2 rings (SSSR count). The van der Waals surface area contributed by atoms with Gasteiger partial charge in [-0.1, -0.05) is 30.3 Å². The molecule has 5 nitrogen and oxygen atoms in total. The highest BCUT2D eigenvalue weighted by Crippen LogP contribution is 2.30. The Balaban J connectivity index is 0.00000420. The minimum atomic E-state index is -4.41. The van der Waals surface area contributed by atoms with E-state index in [0.717, 1.165) is 29.6 Å². The van der Waals surface area contributed by atoms with Crippen LogP contribution in [0.3, 0.4) is 0 Å². The number of guanidine groups is 1. The maximum Gasteiger partial charge on any atom is 0.434 e. The normalized spacial score (nSPS) is 11.8. The van der Waals surface area contributed by atoms with Gasteiger partial charge in [0.2, 0.25) is 0 Å². The molecule has 29 heavy (non-hydrogen) atoms. The molecule has 0 atom stereocenters. The van der Waals surface area contributed by atoms with Crippen molar-refractivity contribution in [1.29, 1.82) is 0 Å². The lowest BCUT2D eigenvalue weighted by Crippen LogP contribution is -2.38. The molecule has 2 N–H and O–H groups in total. The number of thiazole rings is 1. The Labute approximate surface area is 190 Å². The Kier molecular flexibility index (Phi) is 12.2. The number of aliphatic imine (C=N–C) groups is 1. The number of nitrogens with zero attached hydrogens (tertiary/aromatic N) is 2. The second-order valence-corrected chi connectivity index (χ2v) is 6.89. The summed E-state index contributed by atoms with van der Waals surface area (Å²) >= 11 is 0.958. The number of ether oxygens (including phenoxy) is 1. The first kappa shape index (κ1) is 25.6. The van der Waals surface area contributed by atoms with Gasteiger partial charge in [0.15, 0.2) is 11.7 Å². The van der Waals surface area contributed by atoms with Crippen LogP contribution in [0, 0.1) is 0 Å². The highest BCUT2D eigenvalue weighted by atomic mass is 127. The van der Waals surface area contributed by atoms with Gasteiger partial charge in [0.05, 0.1) is 13.2 Å². The Morgan fingerprint density at radius 1 is 1.17 bits per heavy atom. The van der Waals surface area contributed by atoms with Gasteiger partial charge in [-0.05, 0) is 25.3 Å². The van der Waals surface area contributed by atoms with Crippen LogP contribution in [0.2, 0.25) is 0 Å². The summed E-state index contributed by atoms with van der Waals surface area (Å²) < 4.78 is 43.4. The molecule has 0 fully saturated rings. The molecule has 1 aromatic carbocycles. The molecule has 0 bridgehead atoms. The van der Waals surface area contributed by atoms with Gasteiger partial charge in [-0.15, -0.1) is 35.3 Å². The van der Waals surface area contributed by atoms with Crippen LogP contribution in [0.25, 0.3) is 0 Å². The van der Waals surface area contributed by atoms with E-state index in [2.05, 4.69) is 32.7 Å². The maximum absolute atomic E-state index is 12.6. The molecule has 1 aromatic heterocycles. The number of benzene rings is 1. The van der Waals surface area contributed by atoms with Crippen LogP contribution in [-0.4, -0.2) is 37.2 Å². The van der Waals surface area contributed by atoms with Crippen LogP contribution >= 0.6 is 35.3 Å². The fourth-order valence-electron chi connectivity index (χ4n) is 2.32. The van der Waals surface area contributed by atoms with Crippen molar-refractivity contribution in [2.75, 3.05) is 26.3 Å². The minimum absolute atomic E-state index is 0. The third kappa shape index (κ3) is 10.3. The van der Waals surface area contributed by atoms with Crippen molar-refractivity contribution in [3.63, 3.8) is 0 Å². The van der Waals surface area contributed by atoms with E-state index in [9.17, 15) is 13.2 Å². The standard InChI is InChI=1S/C19H25F3N4OS.HI/c1-2-23-18(25-13-17-26-16(14-28-17)19(20,21)22)24-10-6-11-27-12-9-15-7-4-3-5-8-15;/h3-5,7-8,14H,2,6,9-13H2,1H3,(H2,23,24,25);1H. The second kappa shape index (κ2) is 13.8. The molecular weight excluding hydrogens is 516 g/mol. The highest BCUT2D eigenvalue weighted by molar-refractivity contribution is 14.0. The molecule has 10 heteroatoms. The summed E-state index contributed by atoms with van der Waals surface area (Å²) in [6, 6.07) is 10.2. The van der Waals surface area contributed by atoms with Gasteiger partial charge in [-0.3, -0.25) is 0 Å². The van der Waals surface area contributed by atoms with Crippen LogP contribution in [0.5, 0.6) is 0 Å². The van der Waals surface area contributed by atoms with Gasteiger partial charge in [0, 0.05) is 25.1 Å². The van der Waals surface area contributed by atoms with Crippen molar-refractivity contribution in [3.05, 3.63) is 52.0 Å². The molecule has 0 radical (unpaired) electrons. The summed E-state index contributed by atoms with van der Waals surface area (Å²) in [7, 11) is 0. The molecule has 0 saturated heterocycles. The fourth-order valence-corrected chi connectivity index (χ4v) is 3.04. The highest BCUT2D eigenvalue weighted by Gasteiger charge is 2.33. The number of alkyl halides is 3. The van der Waals surface area contributed by atoms with Gasteiger partial charge in [-0.25, -0.2) is 9.98 Å². The lowest BCUT2D eigenvalue weighted by Gasteiger charge is -2.11. The molecule has 0 unspecified atom stereocenters. The summed E-state index contributed by atoms with van der Waals surface area (Å²) in [5.41, 5.74) is 0.381. The smallest absolute Gasteiger partial charge is 0.381 e. The van der Waals surface area contributed by atoms with E-state index in [1.807, 2.05) is 25.1 Å². The van der Waals surface area contributed by atoms with Gasteiger partial charge in [0.1, 0.15) is 5.01 Å². The SMILES string of the molecule is CCNC(=NCc1nc(C(F)(F)F)cs1)NCCCOCCc1ccccc1.I. The van der Waals surface area contributed by atoms with Crippen LogP contribution < -0.4 is 10.6 Å². The summed E-state index contributed by atoms with van der Waals surface area (Å²) in [6.45, 7) is 4.64. The van der Waals surface area contributed by atoms with E-state index in [1.54, 1.807) is 0 Å². The second-order valence-electron chi connectivity index (χ2n) is 5.95. The first-order valence-corrected chi connectivity index (χ1v) is 10.0. The lowest BCUT2D eigenvalue weighted by atomic mass is 10.2. The van der Waals surface area contributed by atoms with E-state index in [-0.39, 0.29) is 30.5 Å². The van der Waals surface area contributed by atoms with E-state index in [0.29, 0.717) is 37.3 Å². The van der Waals surface area contributed by atoms with E-state index < -0.39 is 11.9 Å². The minimum Gasteiger partial charge on any atom is -0.381 e. The average molecular weight is 542 g/mol. The fraction of sp³-hybridized carbons (Fsp3) is 0.474. The third-order valence-corrected chi connectivity index (χ3v) is 4.53. The molecule has 1 heterocycles. The maximum atomic E-state index is 12.6. The zero-order valence-electron chi connectivity index (χ0n) is 16.2. The Morgan fingerprint density at radius 2 is 1.93 bits per heavy atom. The quantitative estimate of drug-likeness (QED) is 0.201. The van der Waals surface area contributed by atoms with Crippen molar-refractivity contribution in [2.45, 2.75) is 32.5 Å². The summed E-state index contributed by atoms with van der Waals surface area (Å²) in [5.74, 6) is 0.551. The average Bonchev–Trinajstić information content (AvgIpc) is 3.15. The first-order valence-electron chi connectivity index (χ1n) is 9.14. The van der Waals surface area contributed by atoms with E-state index >= 15 is 0 Å². The molecular formula is C19H26F3IN4OS. The largest absolute Gasteiger partial charge is 0.434 e. The van der Waals surface area contributed by atoms with E-state index in [1.165, 1.54) is 5.56 Å². The lowest BCUT2D eigenvalue weighted by molar-refractivity contribution is -0.140. The number of hydrogen-bond donors (Lipinski definition) is 2. The van der Waals surface area contributed by atoms with Crippen molar-refractivity contribution < 1.29 is 17.9 Å². The molecule has 0 spiro atoms. The zero-order valence-corrected chi connectivity index (χ0v) is 19.3. The predicted molar refractivity (Wildman–Crippen MR) is 121 cm³/mol. The van der Waals surface area contributed by atoms with Crippen LogP contribution in [0.4, 0.5) is 13.2 Å². The summed E-state index contributed by atoms with van der Waals surface area (Å²) in [4.78, 5) is 7.87. The molecule has 0 aliphatic carbocycles. The Morgan fingerprint density at radius 3 is 2.59 bits per heavy atom. The first-order chi connectivity index (χ1) is 13.5. The van der Waals surface area contributed by atoms with Crippen molar-refractivity contribution in [1.82, 2.24) is 15.6 Å². The monoisotopic (exact) mass is 542 g/mol. The Bertz CT molecular complexity index is 726. The van der Waals surface area contributed by atoms with Crippen molar-refractivity contribution in [2.24, 2.45) is 4.99 Å². The molecule has 2 aromatic rings. The topological polar surface area (TPSA) is 58.5 Å². The predicted octanol–water partition coefficient (Wildman–Crippen LogP) is 4.48. The Hall–Kier alpha value is -1.40. The van der Waals surface area contributed by atoms with Gasteiger partial charge < -0.3 is 15.4 Å². The number of aromatic nitrogens is 1. The zero-order chi connectivity index (χ0) is 20.2. The van der Waals surface area contributed by atoms with Crippen LogP contribution in [-0.2, 0) is 23.9 Å². The molecule has 162 valence electrons.